The van der Waals surface area contributed by atoms with Crippen molar-refractivity contribution in [1.82, 2.24) is 0 Å². The summed E-state index contributed by atoms with van der Waals surface area (Å²) < 4.78 is 62.8. The van der Waals surface area contributed by atoms with Crippen LogP contribution in [0.2, 0.25) is 0 Å². The van der Waals surface area contributed by atoms with Crippen LogP contribution in [0.25, 0.3) is 0 Å². The van der Waals surface area contributed by atoms with Crippen molar-refractivity contribution in [2.75, 3.05) is 29.7 Å². The first-order valence-corrected chi connectivity index (χ1v) is 10.4. The van der Waals surface area contributed by atoms with Gasteiger partial charge in [0.25, 0.3) is 0 Å². The Labute approximate surface area is 184 Å². The van der Waals surface area contributed by atoms with E-state index in [1.54, 1.807) is 25.2 Å². The number of hydrogen-bond donors (Lipinski definition) is 3. The van der Waals surface area contributed by atoms with Crippen molar-refractivity contribution in [3.05, 3.63) is 53.6 Å². The largest absolute Gasteiger partial charge is 0.416 e. The van der Waals surface area contributed by atoms with Gasteiger partial charge in [-0.25, -0.2) is 8.78 Å². The van der Waals surface area contributed by atoms with E-state index in [0.29, 0.717) is 42.7 Å². The molecule has 3 N–H and O–H groups in total. The topological polar surface area (TPSA) is 53.2 Å². The molecule has 9 heteroatoms. The molecule has 0 aliphatic heterocycles. The molecule has 0 unspecified atom stereocenters. The zero-order chi connectivity index (χ0) is 23.6. The highest BCUT2D eigenvalue weighted by atomic mass is 19.4. The maximum Gasteiger partial charge on any atom is 0.416 e. The maximum absolute atomic E-state index is 12.8. The van der Waals surface area contributed by atoms with Crippen LogP contribution in [-0.4, -0.2) is 25.8 Å². The van der Waals surface area contributed by atoms with Gasteiger partial charge in [0.15, 0.2) is 0 Å². The molecule has 2 rings (SSSR count). The number of carbonyl (C=O) groups is 1. The van der Waals surface area contributed by atoms with E-state index in [1.807, 2.05) is 0 Å². The number of amides is 1. The fourth-order valence-electron chi connectivity index (χ4n) is 3.10. The normalized spacial score (nSPS) is 12.3. The zero-order valence-corrected chi connectivity index (χ0v) is 17.9. The molecule has 32 heavy (non-hydrogen) atoms. The molecule has 2 aromatic carbocycles. The van der Waals surface area contributed by atoms with Crippen molar-refractivity contribution < 1.29 is 26.7 Å². The van der Waals surface area contributed by atoms with Crippen LogP contribution >= 0.6 is 0 Å². The first-order chi connectivity index (χ1) is 15.2. The van der Waals surface area contributed by atoms with Crippen LogP contribution < -0.4 is 16.0 Å². The van der Waals surface area contributed by atoms with Gasteiger partial charge in [0.2, 0.25) is 5.91 Å². The second-order valence-corrected chi connectivity index (χ2v) is 7.46. The summed E-state index contributed by atoms with van der Waals surface area (Å²) in [5.74, 6) is -0.172. The van der Waals surface area contributed by atoms with E-state index >= 15 is 0 Å². The lowest BCUT2D eigenvalue weighted by Crippen LogP contribution is -2.13. The van der Waals surface area contributed by atoms with Crippen LogP contribution in [0.5, 0.6) is 0 Å². The van der Waals surface area contributed by atoms with E-state index in [9.17, 15) is 26.7 Å². The minimum Gasteiger partial charge on any atom is -0.386 e. The third-order valence-corrected chi connectivity index (χ3v) is 4.93. The second-order valence-electron chi connectivity index (χ2n) is 7.46. The average Bonchev–Trinajstić information content (AvgIpc) is 2.77. The van der Waals surface area contributed by atoms with Crippen LogP contribution in [0.3, 0.4) is 0 Å². The highest BCUT2D eigenvalue weighted by Crippen LogP contribution is 2.29. The summed E-state index contributed by atoms with van der Waals surface area (Å²) in [6, 6.07) is 10.2. The molecule has 0 spiro atoms. The third kappa shape index (κ3) is 8.36. The Morgan fingerprint density at radius 1 is 1.00 bits per heavy atom. The number of anilines is 3. The van der Waals surface area contributed by atoms with Gasteiger partial charge < -0.3 is 16.0 Å². The fourth-order valence-corrected chi connectivity index (χ4v) is 3.10. The minimum absolute atomic E-state index is 0.170. The van der Waals surface area contributed by atoms with Crippen molar-refractivity contribution in [3.8, 4) is 0 Å². The van der Waals surface area contributed by atoms with Gasteiger partial charge in [-0.2, -0.15) is 13.2 Å². The molecule has 0 aromatic heterocycles. The van der Waals surface area contributed by atoms with Gasteiger partial charge in [-0.1, -0.05) is 25.0 Å². The van der Waals surface area contributed by atoms with E-state index in [0.717, 1.165) is 17.8 Å². The fraction of sp³-hybridized carbons (Fsp3) is 0.435. The Hall–Kier alpha value is -2.84. The molecule has 4 nitrogen and oxygen atoms in total. The van der Waals surface area contributed by atoms with Gasteiger partial charge in [-0.15, -0.1) is 0 Å². The van der Waals surface area contributed by atoms with Gasteiger partial charge in [0.1, 0.15) is 12.8 Å². The van der Waals surface area contributed by atoms with Crippen molar-refractivity contribution in [2.45, 2.75) is 51.0 Å². The van der Waals surface area contributed by atoms with Crippen LogP contribution in [0, 0.1) is 0 Å². The molecule has 1 amide bonds. The zero-order valence-electron chi connectivity index (χ0n) is 17.9. The number of rotatable bonds is 12. The first kappa shape index (κ1) is 25.4. The molecule has 0 heterocycles. The van der Waals surface area contributed by atoms with Crippen LogP contribution in [0.4, 0.5) is 39.0 Å². The highest BCUT2D eigenvalue weighted by molar-refractivity contribution is 5.94. The van der Waals surface area contributed by atoms with E-state index in [1.165, 1.54) is 12.1 Å². The average molecular weight is 457 g/mol. The Morgan fingerprint density at radius 2 is 1.72 bits per heavy atom. The number of hydrogen-bond acceptors (Lipinski definition) is 3. The predicted octanol–water partition coefficient (Wildman–Crippen LogP) is 6.56. The monoisotopic (exact) mass is 457 g/mol. The summed E-state index contributed by atoms with van der Waals surface area (Å²) >= 11 is 0. The summed E-state index contributed by atoms with van der Waals surface area (Å²) in [4.78, 5) is 12.2. The second kappa shape index (κ2) is 12.3. The molecule has 2 aromatic rings. The number of nitrogens with one attached hydrogen (secondary N) is 3. The van der Waals surface area contributed by atoms with Crippen molar-refractivity contribution >= 4 is 23.0 Å². The summed E-state index contributed by atoms with van der Waals surface area (Å²) in [5, 5.41) is 8.97. The highest BCUT2D eigenvalue weighted by Gasteiger charge is 2.29. The van der Waals surface area contributed by atoms with Crippen LogP contribution in [0.1, 0.15) is 43.2 Å². The van der Waals surface area contributed by atoms with Crippen LogP contribution in [-0.2, 0) is 17.5 Å². The van der Waals surface area contributed by atoms with Gasteiger partial charge in [-0.3, -0.25) is 4.79 Å². The number of benzene rings is 2. The molecule has 0 fully saturated rings. The molecule has 0 saturated heterocycles. The molecule has 0 bridgehead atoms. The molecular weight excluding hydrogens is 429 g/mol. The lowest BCUT2D eigenvalue weighted by Gasteiger charge is -2.14. The number of alkyl halides is 5. The number of carbonyl (C=O) groups excluding carboxylic acids is 1. The van der Waals surface area contributed by atoms with Gasteiger partial charge in [0, 0.05) is 25.7 Å². The lowest BCUT2D eigenvalue weighted by molar-refractivity contribution is -0.137. The first-order valence-electron chi connectivity index (χ1n) is 10.4. The summed E-state index contributed by atoms with van der Waals surface area (Å²) in [6.07, 6.45) is -3.55. The lowest BCUT2D eigenvalue weighted by atomic mass is 10.1. The molecule has 0 saturated carbocycles. The molecule has 0 radical (unpaired) electrons. The van der Waals surface area contributed by atoms with E-state index < -0.39 is 24.6 Å². The summed E-state index contributed by atoms with van der Waals surface area (Å²) in [5.41, 5.74) is 2.02. The molecule has 176 valence electrons. The Kier molecular flexibility index (Phi) is 9.74. The standard InChI is InChI=1S/C23H28F5N3O/c1-29-21-13-19(30-15-16-7-9-17(10-8-16)23(26,27)28)11-12-20(21)31-22(32)6-4-2-3-5-18(25)14-24/h7-13,18,29-30H,2-6,14-15H2,1H3,(H,31,32)/t18-/m0/s1. The Bertz CT molecular complexity index is 856. The molecular formula is C23H28F5N3O. The molecule has 0 aliphatic rings. The molecule has 1 atom stereocenters. The third-order valence-electron chi connectivity index (χ3n) is 4.93. The van der Waals surface area contributed by atoms with Crippen molar-refractivity contribution in [2.24, 2.45) is 0 Å². The summed E-state index contributed by atoms with van der Waals surface area (Å²) in [7, 11) is 1.71. The maximum atomic E-state index is 12.8. The van der Waals surface area contributed by atoms with Crippen molar-refractivity contribution in [3.63, 3.8) is 0 Å². The van der Waals surface area contributed by atoms with Gasteiger partial charge >= 0.3 is 6.18 Å². The Morgan fingerprint density at radius 3 is 2.34 bits per heavy atom. The number of halogens is 5. The minimum atomic E-state index is -4.36. The van der Waals surface area contributed by atoms with Gasteiger partial charge in [0.05, 0.1) is 16.9 Å². The van der Waals surface area contributed by atoms with Gasteiger partial charge in [-0.05, 0) is 48.7 Å². The quantitative estimate of drug-likeness (QED) is 0.250. The van der Waals surface area contributed by atoms with Crippen molar-refractivity contribution in [1.29, 1.82) is 0 Å². The van der Waals surface area contributed by atoms with E-state index in [2.05, 4.69) is 16.0 Å². The van der Waals surface area contributed by atoms with Crippen LogP contribution in [0.15, 0.2) is 42.5 Å². The van der Waals surface area contributed by atoms with E-state index in [-0.39, 0.29) is 18.7 Å². The number of unbranched alkanes of at least 4 members (excludes halogenated alkanes) is 2. The van der Waals surface area contributed by atoms with E-state index in [4.69, 9.17) is 0 Å². The molecule has 0 aliphatic carbocycles. The Balaban J connectivity index is 1.84. The smallest absolute Gasteiger partial charge is 0.386 e. The summed E-state index contributed by atoms with van der Waals surface area (Å²) in [6.45, 7) is -0.627. The predicted molar refractivity (Wildman–Crippen MR) is 117 cm³/mol. The SMILES string of the molecule is CNc1cc(NCc2ccc(C(F)(F)F)cc2)ccc1NC(=O)CCCCC[C@H](F)CF.